The molecule has 174 valence electrons. The normalized spacial score (nSPS) is 13.5. The third-order valence-electron chi connectivity index (χ3n) is 6.09. The number of rotatable bonds is 9. The van der Waals surface area contributed by atoms with Gasteiger partial charge >= 0.3 is 0 Å². The van der Waals surface area contributed by atoms with Crippen LogP contribution >= 0.6 is 11.6 Å². The fourth-order valence-corrected chi connectivity index (χ4v) is 4.16. The summed E-state index contributed by atoms with van der Waals surface area (Å²) in [5.41, 5.74) is 2.53. The first-order valence-corrected chi connectivity index (χ1v) is 11.8. The standard InChI is InChI=1S/C26H30ClN3O3/c1-4-16-29(25(31)19-8-7-9-19)17-22-18(2)28-30(21-14-12-20(27)13-15-21)26(22)33-24-11-6-5-10-23(24)32-3/h5-6,10-15,19H,4,7-9,16-17H2,1-3H3. The number of hydrogen-bond acceptors (Lipinski definition) is 4. The van der Waals surface area contributed by atoms with E-state index in [0.717, 1.165) is 42.6 Å². The molecule has 7 heteroatoms. The van der Waals surface area contributed by atoms with Crippen LogP contribution in [0.2, 0.25) is 5.02 Å². The summed E-state index contributed by atoms with van der Waals surface area (Å²) in [5, 5.41) is 5.43. The van der Waals surface area contributed by atoms with Crippen molar-refractivity contribution in [1.82, 2.24) is 14.7 Å². The largest absolute Gasteiger partial charge is 0.493 e. The van der Waals surface area contributed by atoms with E-state index < -0.39 is 0 Å². The zero-order valence-corrected chi connectivity index (χ0v) is 20.1. The van der Waals surface area contributed by atoms with Crippen molar-refractivity contribution in [2.75, 3.05) is 13.7 Å². The number of carbonyl (C=O) groups is 1. The first-order chi connectivity index (χ1) is 16.0. The lowest BCUT2D eigenvalue weighted by molar-refractivity contribution is -0.138. The average Bonchev–Trinajstić information content (AvgIpc) is 3.08. The number of ether oxygens (including phenoxy) is 2. The van der Waals surface area contributed by atoms with Crippen molar-refractivity contribution in [1.29, 1.82) is 0 Å². The first kappa shape index (κ1) is 23.2. The zero-order chi connectivity index (χ0) is 23.4. The lowest BCUT2D eigenvalue weighted by atomic mass is 9.84. The van der Waals surface area contributed by atoms with Crippen LogP contribution in [-0.2, 0) is 11.3 Å². The molecule has 1 heterocycles. The van der Waals surface area contributed by atoms with Gasteiger partial charge in [-0.05, 0) is 62.6 Å². The van der Waals surface area contributed by atoms with E-state index in [1.165, 1.54) is 0 Å². The Labute approximate surface area is 200 Å². The molecule has 1 aromatic heterocycles. The van der Waals surface area contributed by atoms with Crippen molar-refractivity contribution in [3.05, 3.63) is 64.8 Å². The summed E-state index contributed by atoms with van der Waals surface area (Å²) in [6.07, 6.45) is 3.98. The second kappa shape index (κ2) is 10.3. The Hall–Kier alpha value is -2.99. The molecule has 0 radical (unpaired) electrons. The number of hydrogen-bond donors (Lipinski definition) is 0. The molecule has 1 saturated carbocycles. The van der Waals surface area contributed by atoms with Crippen LogP contribution in [0.25, 0.3) is 5.69 Å². The van der Waals surface area contributed by atoms with Crippen LogP contribution in [0.15, 0.2) is 48.5 Å². The average molecular weight is 468 g/mol. The van der Waals surface area contributed by atoms with E-state index in [9.17, 15) is 4.79 Å². The van der Waals surface area contributed by atoms with Crippen molar-refractivity contribution in [2.24, 2.45) is 5.92 Å². The fraction of sp³-hybridized carbons (Fsp3) is 0.385. The summed E-state index contributed by atoms with van der Waals surface area (Å²) in [7, 11) is 1.62. The van der Waals surface area contributed by atoms with Gasteiger partial charge < -0.3 is 14.4 Å². The Bertz CT molecular complexity index is 1110. The molecular formula is C26H30ClN3O3. The number of methoxy groups -OCH3 is 1. The molecule has 1 aliphatic rings. The summed E-state index contributed by atoms with van der Waals surface area (Å²) in [6, 6.07) is 15.0. The van der Waals surface area contributed by atoms with Crippen molar-refractivity contribution < 1.29 is 14.3 Å². The van der Waals surface area contributed by atoms with Crippen LogP contribution in [0.5, 0.6) is 17.4 Å². The Morgan fingerprint density at radius 2 is 1.85 bits per heavy atom. The Balaban J connectivity index is 1.76. The van der Waals surface area contributed by atoms with Crippen LogP contribution in [-0.4, -0.2) is 34.2 Å². The fourth-order valence-electron chi connectivity index (χ4n) is 4.03. The topological polar surface area (TPSA) is 56.6 Å². The van der Waals surface area contributed by atoms with Crippen molar-refractivity contribution in [3.8, 4) is 23.1 Å². The Morgan fingerprint density at radius 1 is 1.15 bits per heavy atom. The van der Waals surface area contributed by atoms with Crippen molar-refractivity contribution in [3.63, 3.8) is 0 Å². The molecule has 0 atom stereocenters. The third kappa shape index (κ3) is 5.01. The van der Waals surface area contributed by atoms with Gasteiger partial charge in [0.2, 0.25) is 11.8 Å². The summed E-state index contributed by atoms with van der Waals surface area (Å²) in [4.78, 5) is 15.1. The van der Waals surface area contributed by atoms with Crippen molar-refractivity contribution >= 4 is 17.5 Å². The van der Waals surface area contributed by atoms with Gasteiger partial charge in [-0.15, -0.1) is 0 Å². The maximum atomic E-state index is 13.1. The molecule has 1 aliphatic carbocycles. The number of aryl methyl sites for hydroxylation is 1. The molecule has 0 saturated heterocycles. The minimum Gasteiger partial charge on any atom is -0.493 e. The van der Waals surface area contributed by atoms with Crippen LogP contribution in [0.1, 0.15) is 43.9 Å². The minimum absolute atomic E-state index is 0.141. The van der Waals surface area contributed by atoms with E-state index >= 15 is 0 Å². The van der Waals surface area contributed by atoms with Gasteiger partial charge in [-0.2, -0.15) is 5.10 Å². The first-order valence-electron chi connectivity index (χ1n) is 11.5. The van der Waals surface area contributed by atoms with Crippen LogP contribution in [0.3, 0.4) is 0 Å². The summed E-state index contributed by atoms with van der Waals surface area (Å²) in [5.74, 6) is 2.15. The number of para-hydroxylation sites is 2. The monoisotopic (exact) mass is 467 g/mol. The molecular weight excluding hydrogens is 438 g/mol. The van der Waals surface area contributed by atoms with E-state index in [0.29, 0.717) is 35.5 Å². The van der Waals surface area contributed by atoms with E-state index in [-0.39, 0.29) is 11.8 Å². The second-order valence-corrected chi connectivity index (χ2v) is 8.83. The molecule has 0 N–H and O–H groups in total. The lowest BCUT2D eigenvalue weighted by Gasteiger charge is -2.31. The predicted octanol–water partition coefficient (Wildman–Crippen LogP) is 6.17. The van der Waals surface area contributed by atoms with Gasteiger partial charge in [-0.3, -0.25) is 4.79 Å². The van der Waals surface area contributed by atoms with Gasteiger partial charge in [0.05, 0.1) is 30.6 Å². The number of halogens is 1. The highest BCUT2D eigenvalue weighted by molar-refractivity contribution is 6.30. The lowest BCUT2D eigenvalue weighted by Crippen LogP contribution is -2.39. The summed E-state index contributed by atoms with van der Waals surface area (Å²) >= 11 is 6.11. The SMILES string of the molecule is CCCN(Cc1c(C)nn(-c2ccc(Cl)cc2)c1Oc1ccccc1OC)C(=O)C1CCC1. The van der Waals surface area contributed by atoms with Crippen LogP contribution < -0.4 is 9.47 Å². The Morgan fingerprint density at radius 3 is 2.45 bits per heavy atom. The second-order valence-electron chi connectivity index (χ2n) is 8.40. The molecule has 0 aliphatic heterocycles. The highest BCUT2D eigenvalue weighted by Crippen LogP contribution is 2.37. The minimum atomic E-state index is 0.141. The molecule has 0 bridgehead atoms. The maximum Gasteiger partial charge on any atom is 0.228 e. The molecule has 6 nitrogen and oxygen atoms in total. The van der Waals surface area contributed by atoms with Crippen molar-refractivity contribution in [2.45, 2.75) is 46.1 Å². The number of benzene rings is 2. The van der Waals surface area contributed by atoms with Gasteiger partial charge in [-0.1, -0.05) is 37.1 Å². The molecule has 1 fully saturated rings. The van der Waals surface area contributed by atoms with Gasteiger partial charge in [0.25, 0.3) is 0 Å². The van der Waals surface area contributed by atoms with Crippen LogP contribution in [0.4, 0.5) is 0 Å². The number of carbonyl (C=O) groups excluding carboxylic acids is 1. The summed E-state index contributed by atoms with van der Waals surface area (Å²) < 4.78 is 13.7. The quantitative estimate of drug-likeness (QED) is 0.377. The molecule has 3 aromatic rings. The number of aromatic nitrogens is 2. The van der Waals surface area contributed by atoms with Gasteiger partial charge in [0.15, 0.2) is 11.5 Å². The predicted molar refractivity (Wildman–Crippen MR) is 129 cm³/mol. The number of nitrogens with zero attached hydrogens (tertiary/aromatic N) is 3. The molecule has 33 heavy (non-hydrogen) atoms. The Kier molecular flexibility index (Phi) is 7.23. The zero-order valence-electron chi connectivity index (χ0n) is 19.4. The van der Waals surface area contributed by atoms with Gasteiger partial charge in [0.1, 0.15) is 0 Å². The summed E-state index contributed by atoms with van der Waals surface area (Å²) in [6.45, 7) is 5.20. The maximum absolute atomic E-state index is 13.1. The van der Waals surface area contributed by atoms with E-state index in [1.807, 2.05) is 60.4 Å². The smallest absolute Gasteiger partial charge is 0.228 e. The van der Waals surface area contributed by atoms with Gasteiger partial charge in [-0.25, -0.2) is 4.68 Å². The van der Waals surface area contributed by atoms with E-state index in [4.69, 9.17) is 26.2 Å². The molecule has 0 unspecified atom stereocenters. The number of amides is 1. The van der Waals surface area contributed by atoms with Gasteiger partial charge in [0, 0.05) is 17.5 Å². The van der Waals surface area contributed by atoms with E-state index in [2.05, 4.69) is 6.92 Å². The third-order valence-corrected chi connectivity index (χ3v) is 6.34. The highest BCUT2D eigenvalue weighted by Gasteiger charge is 2.31. The molecule has 2 aromatic carbocycles. The van der Waals surface area contributed by atoms with Crippen LogP contribution in [0, 0.1) is 12.8 Å². The highest BCUT2D eigenvalue weighted by atomic mass is 35.5. The van der Waals surface area contributed by atoms with E-state index in [1.54, 1.807) is 11.8 Å². The molecule has 1 amide bonds. The molecule has 4 rings (SSSR count). The molecule has 0 spiro atoms.